The van der Waals surface area contributed by atoms with Crippen molar-refractivity contribution in [2.75, 3.05) is 20.1 Å². The second-order valence-electron chi connectivity index (χ2n) is 3.66. The molecule has 5 nitrogen and oxygen atoms in total. The molecule has 80 valence electrons. The van der Waals surface area contributed by atoms with Crippen molar-refractivity contribution < 1.29 is 9.59 Å². The highest BCUT2D eigenvalue weighted by atomic mass is 35.5. The molecule has 2 saturated heterocycles. The number of halogens is 1. The lowest BCUT2D eigenvalue weighted by molar-refractivity contribution is -0.130. The molecule has 2 aliphatic heterocycles. The molecule has 0 bridgehead atoms. The van der Waals surface area contributed by atoms with Crippen molar-refractivity contribution in [2.24, 2.45) is 0 Å². The minimum Gasteiger partial charge on any atom is -0.322 e. The fourth-order valence-electron chi connectivity index (χ4n) is 1.95. The number of carbonyl (C=O) groups is 2. The third-order valence-electron chi connectivity index (χ3n) is 2.75. The number of carbonyl (C=O) groups excluding carboxylic acids is 2. The number of nitrogens with zero attached hydrogens (tertiary/aromatic N) is 1. The smallest absolute Gasteiger partial charge is 0.322 e. The Kier molecular flexibility index (Phi) is 3.01. The molecule has 2 aliphatic rings. The highest BCUT2D eigenvalue weighted by Gasteiger charge is 2.49. The van der Waals surface area contributed by atoms with Crippen molar-refractivity contribution in [3.63, 3.8) is 0 Å². The van der Waals surface area contributed by atoms with Crippen LogP contribution in [0.3, 0.4) is 0 Å². The molecule has 1 spiro atoms. The van der Waals surface area contributed by atoms with E-state index in [0.29, 0.717) is 6.54 Å². The van der Waals surface area contributed by atoms with E-state index in [0.717, 1.165) is 24.3 Å². The summed E-state index contributed by atoms with van der Waals surface area (Å²) in [6, 6.07) is -0.284. The topological polar surface area (TPSA) is 61.4 Å². The molecule has 6 heteroatoms. The molecule has 1 atom stereocenters. The number of nitrogens with one attached hydrogen (secondary N) is 2. The van der Waals surface area contributed by atoms with Gasteiger partial charge >= 0.3 is 6.03 Å². The summed E-state index contributed by atoms with van der Waals surface area (Å²) in [7, 11) is 1.51. The molecular weight excluding hydrogens is 206 g/mol. The van der Waals surface area contributed by atoms with E-state index in [4.69, 9.17) is 0 Å². The Balaban J connectivity index is 0.000000980. The maximum absolute atomic E-state index is 11.7. The first kappa shape index (κ1) is 11.3. The van der Waals surface area contributed by atoms with E-state index in [1.807, 2.05) is 0 Å². The summed E-state index contributed by atoms with van der Waals surface area (Å²) in [6.45, 7) is 1.48. The summed E-state index contributed by atoms with van der Waals surface area (Å²) < 4.78 is 0. The van der Waals surface area contributed by atoms with Crippen LogP contribution >= 0.6 is 12.4 Å². The monoisotopic (exact) mass is 219 g/mol. The van der Waals surface area contributed by atoms with Gasteiger partial charge in [-0.25, -0.2) is 4.79 Å². The van der Waals surface area contributed by atoms with Crippen molar-refractivity contribution >= 4 is 24.3 Å². The largest absolute Gasteiger partial charge is 0.324 e. The predicted molar refractivity (Wildman–Crippen MR) is 53.4 cm³/mol. The molecule has 1 unspecified atom stereocenters. The van der Waals surface area contributed by atoms with Crippen LogP contribution in [0.15, 0.2) is 0 Å². The van der Waals surface area contributed by atoms with Crippen LogP contribution in [0, 0.1) is 0 Å². The molecule has 0 aliphatic carbocycles. The van der Waals surface area contributed by atoms with Crippen LogP contribution in [0.4, 0.5) is 4.79 Å². The van der Waals surface area contributed by atoms with Gasteiger partial charge in [-0.05, 0) is 19.4 Å². The summed E-state index contributed by atoms with van der Waals surface area (Å²) in [5.74, 6) is -0.107. The highest BCUT2D eigenvalue weighted by Crippen LogP contribution is 2.23. The van der Waals surface area contributed by atoms with Crippen LogP contribution in [0.1, 0.15) is 12.8 Å². The number of hydrogen-bond donors (Lipinski definition) is 2. The van der Waals surface area contributed by atoms with Gasteiger partial charge < -0.3 is 10.6 Å². The normalized spacial score (nSPS) is 31.6. The number of amides is 3. The SMILES string of the molecule is CN1C(=O)NC2(CCCNC2)C1=O.Cl. The van der Waals surface area contributed by atoms with E-state index >= 15 is 0 Å². The molecule has 0 radical (unpaired) electrons. The molecular formula is C8H14ClN3O2. The van der Waals surface area contributed by atoms with Crippen molar-refractivity contribution in [3.8, 4) is 0 Å². The Morgan fingerprint density at radius 1 is 1.43 bits per heavy atom. The molecule has 0 aromatic carbocycles. The minimum atomic E-state index is -0.649. The molecule has 14 heavy (non-hydrogen) atoms. The third-order valence-corrected chi connectivity index (χ3v) is 2.75. The molecule has 0 saturated carbocycles. The van der Waals surface area contributed by atoms with E-state index in [1.54, 1.807) is 0 Å². The number of urea groups is 1. The fraction of sp³-hybridized carbons (Fsp3) is 0.750. The highest BCUT2D eigenvalue weighted by molar-refractivity contribution is 6.07. The van der Waals surface area contributed by atoms with Crippen LogP contribution in [0.2, 0.25) is 0 Å². The average molecular weight is 220 g/mol. The predicted octanol–water partition coefficient (Wildman–Crippen LogP) is -0.288. The van der Waals surface area contributed by atoms with Crippen LogP contribution in [-0.4, -0.2) is 42.5 Å². The lowest BCUT2D eigenvalue weighted by Gasteiger charge is -2.30. The van der Waals surface area contributed by atoms with Crippen LogP contribution in [0.5, 0.6) is 0 Å². The summed E-state index contributed by atoms with van der Waals surface area (Å²) in [5.41, 5.74) is -0.649. The van der Waals surface area contributed by atoms with Gasteiger partial charge in [0.15, 0.2) is 0 Å². The zero-order chi connectivity index (χ0) is 9.47. The van der Waals surface area contributed by atoms with Crippen molar-refractivity contribution in [1.82, 2.24) is 15.5 Å². The van der Waals surface area contributed by atoms with Gasteiger partial charge in [-0.2, -0.15) is 0 Å². The summed E-state index contributed by atoms with van der Waals surface area (Å²) >= 11 is 0. The zero-order valence-electron chi connectivity index (χ0n) is 8.00. The van der Waals surface area contributed by atoms with Gasteiger partial charge in [0.05, 0.1) is 0 Å². The van der Waals surface area contributed by atoms with Crippen molar-refractivity contribution in [1.29, 1.82) is 0 Å². The standard InChI is InChI=1S/C8H13N3O2.ClH/c1-11-6(12)8(10-7(11)13)3-2-4-9-5-8;/h9H,2-5H2,1H3,(H,10,13);1H. The summed E-state index contributed by atoms with van der Waals surface area (Å²) in [5, 5.41) is 5.87. The van der Waals surface area contributed by atoms with Crippen molar-refractivity contribution in [3.05, 3.63) is 0 Å². The van der Waals surface area contributed by atoms with Gasteiger partial charge in [0.25, 0.3) is 5.91 Å². The number of hydrogen-bond acceptors (Lipinski definition) is 3. The van der Waals surface area contributed by atoms with E-state index in [-0.39, 0.29) is 24.3 Å². The van der Waals surface area contributed by atoms with Gasteiger partial charge in [0.1, 0.15) is 5.54 Å². The van der Waals surface area contributed by atoms with Gasteiger partial charge in [-0.1, -0.05) is 0 Å². The van der Waals surface area contributed by atoms with E-state index in [2.05, 4.69) is 10.6 Å². The molecule has 2 fully saturated rings. The minimum absolute atomic E-state index is 0. The van der Waals surface area contributed by atoms with Gasteiger partial charge in [-0.3, -0.25) is 9.69 Å². The number of piperidine rings is 1. The average Bonchev–Trinajstić information content (AvgIpc) is 2.33. The van der Waals surface area contributed by atoms with Gasteiger partial charge in [0, 0.05) is 13.6 Å². The van der Waals surface area contributed by atoms with Crippen LogP contribution in [-0.2, 0) is 4.79 Å². The first-order chi connectivity index (χ1) is 6.16. The summed E-state index contributed by atoms with van der Waals surface area (Å²) in [6.07, 6.45) is 1.68. The van der Waals surface area contributed by atoms with E-state index in [1.165, 1.54) is 7.05 Å². The lowest BCUT2D eigenvalue weighted by atomic mass is 9.90. The second kappa shape index (κ2) is 3.74. The van der Waals surface area contributed by atoms with Crippen molar-refractivity contribution in [2.45, 2.75) is 18.4 Å². The maximum Gasteiger partial charge on any atom is 0.324 e. The first-order valence-electron chi connectivity index (χ1n) is 4.47. The Hall–Kier alpha value is -0.810. The third kappa shape index (κ3) is 1.46. The molecule has 0 aromatic heterocycles. The Morgan fingerprint density at radius 2 is 2.14 bits per heavy atom. The first-order valence-corrected chi connectivity index (χ1v) is 4.47. The second-order valence-corrected chi connectivity index (χ2v) is 3.66. The Bertz CT molecular complexity index is 263. The van der Waals surface area contributed by atoms with Gasteiger partial charge in [-0.15, -0.1) is 12.4 Å². The quantitative estimate of drug-likeness (QED) is 0.551. The van der Waals surface area contributed by atoms with Gasteiger partial charge in [0.2, 0.25) is 0 Å². The fourth-order valence-corrected chi connectivity index (χ4v) is 1.95. The maximum atomic E-state index is 11.7. The molecule has 2 N–H and O–H groups in total. The zero-order valence-corrected chi connectivity index (χ0v) is 8.82. The summed E-state index contributed by atoms with van der Waals surface area (Å²) in [4.78, 5) is 24.1. The molecule has 3 amide bonds. The van der Waals surface area contributed by atoms with E-state index in [9.17, 15) is 9.59 Å². The molecule has 2 heterocycles. The number of likely N-dealkylation sites (N-methyl/N-ethyl adjacent to an activating group) is 1. The Morgan fingerprint density at radius 3 is 2.57 bits per heavy atom. The van der Waals surface area contributed by atoms with Crippen LogP contribution in [0.25, 0.3) is 0 Å². The molecule has 2 rings (SSSR count). The lowest BCUT2D eigenvalue weighted by Crippen LogP contribution is -2.57. The Labute approximate surface area is 88.6 Å². The molecule has 0 aromatic rings. The number of imide groups is 1. The number of rotatable bonds is 0. The van der Waals surface area contributed by atoms with Crippen LogP contribution < -0.4 is 10.6 Å². The van der Waals surface area contributed by atoms with E-state index < -0.39 is 5.54 Å².